The molecule has 0 spiro atoms. The molecule has 0 aliphatic carbocycles. The molecule has 4 nitrogen and oxygen atoms in total. The summed E-state index contributed by atoms with van der Waals surface area (Å²) in [6.07, 6.45) is 1.58. The molecule has 0 radical (unpaired) electrons. The van der Waals surface area contributed by atoms with E-state index in [0.29, 0.717) is 16.5 Å². The number of fused-ring (bicyclic) bond motifs is 1. The first kappa shape index (κ1) is 13.6. The van der Waals surface area contributed by atoms with Crippen LogP contribution in [0, 0.1) is 0 Å². The van der Waals surface area contributed by atoms with Crippen molar-refractivity contribution in [2.75, 3.05) is 0 Å². The number of aryl methyl sites for hydroxylation is 1. The van der Waals surface area contributed by atoms with Crippen LogP contribution < -0.4 is 0 Å². The standard InChI is InChI=1S/C16H14ClN3O/c1-2-20-14-6-4-3-5-13(14)19-16(20)18-10-11-9-12(17)7-8-15(11)21/h3-10,21H,2H2,1H3/b18-10+. The van der Waals surface area contributed by atoms with E-state index in [1.165, 1.54) is 0 Å². The summed E-state index contributed by atoms with van der Waals surface area (Å²) in [5, 5.41) is 10.4. The monoisotopic (exact) mass is 299 g/mol. The van der Waals surface area contributed by atoms with Gasteiger partial charge in [0.05, 0.1) is 11.0 Å². The first-order valence-electron chi connectivity index (χ1n) is 6.67. The Morgan fingerprint density at radius 1 is 1.29 bits per heavy atom. The molecule has 0 fully saturated rings. The summed E-state index contributed by atoms with van der Waals surface area (Å²) in [6.45, 7) is 2.82. The third-order valence-electron chi connectivity index (χ3n) is 3.26. The van der Waals surface area contributed by atoms with Crippen molar-refractivity contribution in [1.82, 2.24) is 9.55 Å². The van der Waals surface area contributed by atoms with Crippen molar-refractivity contribution in [3.63, 3.8) is 0 Å². The highest BCUT2D eigenvalue weighted by molar-refractivity contribution is 6.30. The number of imidazole rings is 1. The molecule has 0 amide bonds. The maximum atomic E-state index is 9.80. The van der Waals surface area contributed by atoms with E-state index in [1.807, 2.05) is 35.8 Å². The minimum Gasteiger partial charge on any atom is -0.507 e. The first-order valence-corrected chi connectivity index (χ1v) is 7.04. The van der Waals surface area contributed by atoms with Gasteiger partial charge in [-0.15, -0.1) is 0 Å². The van der Waals surface area contributed by atoms with Crippen LogP contribution in [0.2, 0.25) is 5.02 Å². The molecule has 0 aliphatic rings. The zero-order chi connectivity index (χ0) is 14.8. The minimum atomic E-state index is 0.141. The molecule has 3 aromatic rings. The second-order valence-electron chi connectivity index (χ2n) is 4.61. The Morgan fingerprint density at radius 3 is 2.90 bits per heavy atom. The molecule has 106 valence electrons. The number of benzene rings is 2. The van der Waals surface area contributed by atoms with Gasteiger partial charge in [0.15, 0.2) is 0 Å². The quantitative estimate of drug-likeness (QED) is 0.738. The molecule has 0 unspecified atom stereocenters. The topological polar surface area (TPSA) is 50.4 Å². The van der Waals surface area contributed by atoms with Crippen molar-refractivity contribution in [3.8, 4) is 5.75 Å². The fourth-order valence-electron chi connectivity index (χ4n) is 2.23. The number of phenolic OH excluding ortho intramolecular Hbond substituents is 1. The molecular weight excluding hydrogens is 286 g/mol. The van der Waals surface area contributed by atoms with E-state index >= 15 is 0 Å². The highest BCUT2D eigenvalue weighted by Gasteiger charge is 2.07. The molecule has 21 heavy (non-hydrogen) atoms. The summed E-state index contributed by atoms with van der Waals surface area (Å²) in [4.78, 5) is 8.90. The van der Waals surface area contributed by atoms with Gasteiger partial charge in [0.2, 0.25) is 5.95 Å². The van der Waals surface area contributed by atoms with Crippen LogP contribution >= 0.6 is 11.6 Å². The minimum absolute atomic E-state index is 0.141. The van der Waals surface area contributed by atoms with Gasteiger partial charge in [-0.2, -0.15) is 0 Å². The highest BCUT2D eigenvalue weighted by Crippen LogP contribution is 2.23. The number of halogens is 1. The Bertz CT molecular complexity index is 824. The van der Waals surface area contributed by atoms with Crippen LogP contribution in [0.1, 0.15) is 12.5 Å². The first-order chi connectivity index (χ1) is 10.2. The summed E-state index contributed by atoms with van der Waals surface area (Å²) in [5.74, 6) is 0.750. The molecule has 5 heteroatoms. The summed E-state index contributed by atoms with van der Waals surface area (Å²) >= 11 is 5.93. The summed E-state index contributed by atoms with van der Waals surface area (Å²) in [6, 6.07) is 12.7. The van der Waals surface area contributed by atoms with Crippen molar-refractivity contribution >= 4 is 34.8 Å². The van der Waals surface area contributed by atoms with Crippen LogP contribution in [0.5, 0.6) is 5.75 Å². The van der Waals surface area contributed by atoms with E-state index in [9.17, 15) is 5.11 Å². The van der Waals surface area contributed by atoms with E-state index in [2.05, 4.69) is 9.98 Å². The Labute approximate surface area is 127 Å². The highest BCUT2D eigenvalue weighted by atomic mass is 35.5. The van der Waals surface area contributed by atoms with Crippen LogP contribution in [0.4, 0.5) is 5.95 Å². The number of rotatable bonds is 3. The van der Waals surface area contributed by atoms with Gasteiger partial charge in [-0.25, -0.2) is 9.98 Å². The van der Waals surface area contributed by atoms with E-state index < -0.39 is 0 Å². The molecule has 1 aromatic heterocycles. The Morgan fingerprint density at radius 2 is 2.10 bits per heavy atom. The number of para-hydroxylation sites is 2. The second-order valence-corrected chi connectivity index (χ2v) is 5.04. The zero-order valence-corrected chi connectivity index (χ0v) is 12.2. The fraction of sp³-hybridized carbons (Fsp3) is 0.125. The van der Waals surface area contributed by atoms with Crippen molar-refractivity contribution < 1.29 is 5.11 Å². The molecule has 0 atom stereocenters. The maximum Gasteiger partial charge on any atom is 0.230 e. The Kier molecular flexibility index (Phi) is 3.62. The predicted octanol–water partition coefficient (Wildman–Crippen LogP) is 4.17. The van der Waals surface area contributed by atoms with E-state index in [4.69, 9.17) is 11.6 Å². The van der Waals surface area contributed by atoms with Gasteiger partial charge in [-0.1, -0.05) is 23.7 Å². The largest absolute Gasteiger partial charge is 0.507 e. The van der Waals surface area contributed by atoms with Crippen LogP contribution in [0.3, 0.4) is 0 Å². The lowest BCUT2D eigenvalue weighted by Crippen LogP contribution is -1.93. The number of aromatic nitrogens is 2. The maximum absolute atomic E-state index is 9.80. The normalized spacial score (nSPS) is 11.5. The molecule has 0 saturated heterocycles. The van der Waals surface area contributed by atoms with Crippen LogP contribution in [-0.4, -0.2) is 20.9 Å². The van der Waals surface area contributed by atoms with Crippen LogP contribution in [-0.2, 0) is 6.54 Å². The third kappa shape index (κ3) is 2.62. The van der Waals surface area contributed by atoms with E-state index in [0.717, 1.165) is 17.6 Å². The predicted molar refractivity (Wildman–Crippen MR) is 85.8 cm³/mol. The number of aromatic hydroxyl groups is 1. The van der Waals surface area contributed by atoms with Gasteiger partial charge in [0, 0.05) is 23.3 Å². The van der Waals surface area contributed by atoms with Crippen molar-refractivity contribution in [2.24, 2.45) is 4.99 Å². The number of nitrogens with zero attached hydrogens (tertiary/aromatic N) is 3. The van der Waals surface area contributed by atoms with E-state index in [-0.39, 0.29) is 5.75 Å². The Hall–Kier alpha value is -2.33. The van der Waals surface area contributed by atoms with Gasteiger partial charge in [0.1, 0.15) is 5.75 Å². The number of phenols is 1. The lowest BCUT2D eigenvalue weighted by Gasteiger charge is -2.02. The van der Waals surface area contributed by atoms with E-state index in [1.54, 1.807) is 24.4 Å². The van der Waals surface area contributed by atoms with Crippen molar-refractivity contribution in [1.29, 1.82) is 0 Å². The molecule has 0 bridgehead atoms. The number of hydrogen-bond donors (Lipinski definition) is 1. The van der Waals surface area contributed by atoms with Crippen LogP contribution in [0.25, 0.3) is 11.0 Å². The van der Waals surface area contributed by atoms with Crippen molar-refractivity contribution in [2.45, 2.75) is 13.5 Å². The van der Waals surface area contributed by atoms with Crippen molar-refractivity contribution in [3.05, 3.63) is 53.1 Å². The molecule has 1 N–H and O–H groups in total. The average Bonchev–Trinajstić information content (AvgIpc) is 2.85. The molecule has 3 rings (SSSR count). The Balaban J connectivity index is 2.05. The third-order valence-corrected chi connectivity index (χ3v) is 3.49. The molecule has 1 heterocycles. The van der Waals surface area contributed by atoms with Gasteiger partial charge in [-0.05, 0) is 37.3 Å². The van der Waals surface area contributed by atoms with Gasteiger partial charge >= 0.3 is 0 Å². The fourth-order valence-corrected chi connectivity index (χ4v) is 2.41. The van der Waals surface area contributed by atoms with Gasteiger partial charge < -0.3 is 9.67 Å². The summed E-state index contributed by atoms with van der Waals surface area (Å²) in [5.41, 5.74) is 2.52. The lowest BCUT2D eigenvalue weighted by atomic mass is 10.2. The SMILES string of the molecule is CCn1c(/N=C/c2cc(Cl)ccc2O)nc2ccccc21. The van der Waals surface area contributed by atoms with Crippen LogP contribution in [0.15, 0.2) is 47.5 Å². The molecule has 0 saturated carbocycles. The molecule has 0 aliphatic heterocycles. The zero-order valence-electron chi connectivity index (χ0n) is 11.5. The number of hydrogen-bond acceptors (Lipinski definition) is 3. The summed E-state index contributed by atoms with van der Waals surface area (Å²) < 4.78 is 2.02. The number of aliphatic imine (C=N–C) groups is 1. The van der Waals surface area contributed by atoms with Gasteiger partial charge in [-0.3, -0.25) is 0 Å². The van der Waals surface area contributed by atoms with Gasteiger partial charge in [0.25, 0.3) is 0 Å². The lowest BCUT2D eigenvalue weighted by molar-refractivity contribution is 0.474. The average molecular weight is 300 g/mol. The molecule has 2 aromatic carbocycles. The smallest absolute Gasteiger partial charge is 0.230 e. The summed E-state index contributed by atoms with van der Waals surface area (Å²) in [7, 11) is 0. The molecular formula is C16H14ClN3O. The second kappa shape index (κ2) is 5.58.